The number of hydrogen-bond acceptors (Lipinski definition) is 4. The summed E-state index contributed by atoms with van der Waals surface area (Å²) in [6, 6.07) is 0.153. The lowest BCUT2D eigenvalue weighted by Crippen LogP contribution is -2.49. The molecule has 2 fully saturated rings. The van der Waals surface area contributed by atoms with Gasteiger partial charge in [-0.25, -0.2) is 4.98 Å². The van der Waals surface area contributed by atoms with E-state index in [1.165, 1.54) is 0 Å². The predicted octanol–water partition coefficient (Wildman–Crippen LogP) is 2.47. The van der Waals surface area contributed by atoms with Crippen molar-refractivity contribution in [2.75, 3.05) is 19.6 Å². The van der Waals surface area contributed by atoms with E-state index in [1.807, 2.05) is 22.1 Å². The number of likely N-dealkylation sites (tertiary alicyclic amines) is 2. The second-order valence-corrected chi connectivity index (χ2v) is 7.31. The Balaban J connectivity index is 1.64. The summed E-state index contributed by atoms with van der Waals surface area (Å²) in [6.07, 6.45) is 8.17. The quantitative estimate of drug-likeness (QED) is 0.796. The minimum Gasteiger partial charge on any atom is -0.341 e. The number of nitrogens with zero attached hydrogens (tertiary/aromatic N) is 3. The molecule has 0 N–H and O–H groups in total. The van der Waals surface area contributed by atoms with Crippen molar-refractivity contribution in [3.8, 4) is 0 Å². The van der Waals surface area contributed by atoms with Gasteiger partial charge in [-0.15, -0.1) is 11.3 Å². The van der Waals surface area contributed by atoms with Crippen molar-refractivity contribution >= 4 is 29.2 Å². The van der Waals surface area contributed by atoms with E-state index in [9.17, 15) is 9.59 Å². The van der Waals surface area contributed by atoms with Gasteiger partial charge in [0, 0.05) is 43.6 Å². The number of hydrogen-bond donors (Lipinski definition) is 0. The summed E-state index contributed by atoms with van der Waals surface area (Å²) in [6.45, 7) is 4.27. The third kappa shape index (κ3) is 3.99. The zero-order valence-corrected chi connectivity index (χ0v) is 14.3. The highest BCUT2D eigenvalue weighted by atomic mass is 32.1. The molecule has 3 heterocycles. The van der Waals surface area contributed by atoms with Crippen molar-refractivity contribution in [3.05, 3.63) is 22.2 Å². The molecule has 0 unspecified atom stereocenters. The number of carbonyl (C=O) groups excluding carboxylic acids is 2. The number of aryl methyl sites for hydroxylation is 1. The molecule has 0 saturated carbocycles. The molecule has 124 valence electrons. The van der Waals surface area contributed by atoms with Gasteiger partial charge in [0.05, 0.1) is 10.7 Å². The van der Waals surface area contributed by atoms with Crippen LogP contribution in [0.3, 0.4) is 0 Å². The van der Waals surface area contributed by atoms with Crippen LogP contribution in [0.4, 0.5) is 0 Å². The molecule has 0 bridgehead atoms. The van der Waals surface area contributed by atoms with Gasteiger partial charge in [0.25, 0.3) is 0 Å². The number of aromatic nitrogens is 1. The van der Waals surface area contributed by atoms with Gasteiger partial charge >= 0.3 is 0 Å². The molecule has 2 saturated heterocycles. The van der Waals surface area contributed by atoms with E-state index < -0.39 is 0 Å². The second-order valence-electron chi connectivity index (χ2n) is 6.25. The molecular weight excluding hydrogens is 310 g/mol. The molecule has 2 aliphatic heterocycles. The Hall–Kier alpha value is -1.69. The Kier molecular flexibility index (Phi) is 5.10. The summed E-state index contributed by atoms with van der Waals surface area (Å²) >= 11 is 1.58. The molecular formula is C17H23N3O2S. The van der Waals surface area contributed by atoms with Gasteiger partial charge in [0.15, 0.2) is 0 Å². The normalized spacial score (nSPS) is 22.3. The molecule has 2 aliphatic rings. The lowest BCUT2D eigenvalue weighted by molar-refractivity contribution is -0.134. The predicted molar refractivity (Wildman–Crippen MR) is 91.1 cm³/mol. The molecule has 23 heavy (non-hydrogen) atoms. The van der Waals surface area contributed by atoms with Crippen LogP contribution >= 0.6 is 11.3 Å². The highest BCUT2D eigenvalue weighted by molar-refractivity contribution is 7.09. The monoisotopic (exact) mass is 333 g/mol. The molecule has 6 heteroatoms. The fourth-order valence-corrected chi connectivity index (χ4v) is 3.92. The third-order valence-electron chi connectivity index (χ3n) is 4.55. The van der Waals surface area contributed by atoms with Crippen LogP contribution < -0.4 is 0 Å². The first-order valence-corrected chi connectivity index (χ1v) is 9.20. The zero-order chi connectivity index (χ0) is 16.2. The van der Waals surface area contributed by atoms with Crippen LogP contribution in [0.2, 0.25) is 0 Å². The molecule has 0 radical (unpaired) electrons. The van der Waals surface area contributed by atoms with Crippen LogP contribution in [0.15, 0.2) is 11.5 Å². The Morgan fingerprint density at radius 2 is 2.26 bits per heavy atom. The summed E-state index contributed by atoms with van der Waals surface area (Å²) < 4.78 is 0. The average Bonchev–Trinajstić information content (AvgIpc) is 3.14. The van der Waals surface area contributed by atoms with Gasteiger partial charge < -0.3 is 9.80 Å². The Morgan fingerprint density at radius 1 is 1.39 bits per heavy atom. The highest BCUT2D eigenvalue weighted by Gasteiger charge is 2.30. The van der Waals surface area contributed by atoms with E-state index in [2.05, 4.69) is 4.98 Å². The number of amides is 2. The number of rotatable bonds is 4. The minimum atomic E-state index is 0.0343. The van der Waals surface area contributed by atoms with Crippen molar-refractivity contribution in [2.24, 2.45) is 0 Å². The molecule has 0 aromatic carbocycles. The van der Waals surface area contributed by atoms with Gasteiger partial charge in [-0.05, 0) is 38.7 Å². The molecule has 0 spiro atoms. The summed E-state index contributed by atoms with van der Waals surface area (Å²) in [5, 5.41) is 2.95. The third-order valence-corrected chi connectivity index (χ3v) is 5.34. The molecule has 0 aliphatic carbocycles. The van der Waals surface area contributed by atoms with E-state index in [4.69, 9.17) is 0 Å². The van der Waals surface area contributed by atoms with Gasteiger partial charge in [-0.3, -0.25) is 9.59 Å². The van der Waals surface area contributed by atoms with Crippen molar-refractivity contribution in [1.82, 2.24) is 14.8 Å². The maximum atomic E-state index is 12.6. The fourth-order valence-electron chi connectivity index (χ4n) is 3.34. The first-order chi connectivity index (χ1) is 11.1. The smallest absolute Gasteiger partial charge is 0.246 e. The molecule has 2 amide bonds. The number of piperidine rings is 1. The molecule has 3 rings (SSSR count). The van der Waals surface area contributed by atoms with Crippen molar-refractivity contribution in [1.29, 1.82) is 0 Å². The van der Waals surface area contributed by atoms with Gasteiger partial charge in [0.2, 0.25) is 11.8 Å². The number of carbonyl (C=O) groups is 2. The van der Waals surface area contributed by atoms with Crippen molar-refractivity contribution < 1.29 is 9.59 Å². The first-order valence-electron chi connectivity index (χ1n) is 8.32. The van der Waals surface area contributed by atoms with E-state index in [-0.39, 0.29) is 17.9 Å². The van der Waals surface area contributed by atoms with E-state index in [0.717, 1.165) is 49.5 Å². The summed E-state index contributed by atoms with van der Waals surface area (Å²) in [5.41, 5.74) is 0.837. The highest BCUT2D eigenvalue weighted by Crippen LogP contribution is 2.21. The lowest BCUT2D eigenvalue weighted by Gasteiger charge is -2.37. The van der Waals surface area contributed by atoms with E-state index in [0.29, 0.717) is 13.0 Å². The van der Waals surface area contributed by atoms with Crippen LogP contribution in [-0.2, 0) is 9.59 Å². The van der Waals surface area contributed by atoms with Crippen LogP contribution in [0, 0.1) is 6.92 Å². The number of thiazole rings is 1. The average molecular weight is 333 g/mol. The van der Waals surface area contributed by atoms with Crippen LogP contribution in [-0.4, -0.2) is 52.3 Å². The molecule has 1 aromatic rings. The maximum Gasteiger partial charge on any atom is 0.246 e. The van der Waals surface area contributed by atoms with E-state index >= 15 is 0 Å². The molecule has 1 atom stereocenters. The lowest BCUT2D eigenvalue weighted by atomic mass is 10.0. The second kappa shape index (κ2) is 7.25. The summed E-state index contributed by atoms with van der Waals surface area (Å²) in [7, 11) is 0. The minimum absolute atomic E-state index is 0.0343. The first kappa shape index (κ1) is 16.2. The van der Waals surface area contributed by atoms with Gasteiger partial charge in [-0.2, -0.15) is 0 Å². The zero-order valence-electron chi connectivity index (χ0n) is 13.5. The van der Waals surface area contributed by atoms with Crippen LogP contribution in [0.25, 0.3) is 6.08 Å². The molecule has 1 aromatic heterocycles. The van der Waals surface area contributed by atoms with Crippen molar-refractivity contribution in [3.63, 3.8) is 0 Å². The van der Waals surface area contributed by atoms with E-state index in [1.54, 1.807) is 23.5 Å². The SMILES string of the molecule is Cc1nc(/C=C/C(=O)N2CCCC[C@@H]2CN2CCCC2=O)cs1. The topological polar surface area (TPSA) is 53.5 Å². The largest absolute Gasteiger partial charge is 0.341 e. The maximum absolute atomic E-state index is 12.6. The van der Waals surface area contributed by atoms with Crippen LogP contribution in [0.1, 0.15) is 42.8 Å². The summed E-state index contributed by atoms with van der Waals surface area (Å²) in [5.74, 6) is 0.267. The van der Waals surface area contributed by atoms with Crippen molar-refractivity contribution in [2.45, 2.75) is 45.1 Å². The fraction of sp³-hybridized carbons (Fsp3) is 0.588. The Bertz CT molecular complexity index is 611. The summed E-state index contributed by atoms with van der Waals surface area (Å²) in [4.78, 5) is 32.6. The van der Waals surface area contributed by atoms with Crippen LogP contribution in [0.5, 0.6) is 0 Å². The molecule has 5 nitrogen and oxygen atoms in total. The van der Waals surface area contributed by atoms with Gasteiger partial charge in [-0.1, -0.05) is 0 Å². The Labute approximate surface area is 141 Å². The standard InChI is InChI=1S/C17H23N3O2S/c1-13-18-14(12-23-13)7-8-17(22)20-10-3-2-5-15(20)11-19-9-4-6-16(19)21/h7-8,12,15H,2-6,9-11H2,1H3/b8-7+/t15-/m1/s1. The van der Waals surface area contributed by atoms with Gasteiger partial charge in [0.1, 0.15) is 0 Å². The Morgan fingerprint density at radius 3 is 2.96 bits per heavy atom.